The van der Waals surface area contributed by atoms with Crippen LogP contribution in [0.5, 0.6) is 11.5 Å². The minimum absolute atomic E-state index is 0.0175. The molecule has 4 heteroatoms. The van der Waals surface area contributed by atoms with E-state index in [1.54, 1.807) is 14.2 Å². The number of benzene rings is 1. The van der Waals surface area contributed by atoms with Crippen LogP contribution in [0.25, 0.3) is 0 Å². The van der Waals surface area contributed by atoms with Gasteiger partial charge in [0.1, 0.15) is 0 Å². The second kappa shape index (κ2) is 7.61. The standard InChI is InChI=1S/C15H24ClNO2/c1-10(2)6-5-7-13(17)11-8-12(16)15(19-4)14(9-11)18-3/h8-10,13H,5-7,17H2,1-4H3. The summed E-state index contributed by atoms with van der Waals surface area (Å²) in [4.78, 5) is 0. The number of methoxy groups -OCH3 is 2. The van der Waals surface area contributed by atoms with Crippen LogP contribution >= 0.6 is 11.6 Å². The van der Waals surface area contributed by atoms with Crippen molar-refractivity contribution in [2.45, 2.75) is 39.2 Å². The number of rotatable bonds is 7. The SMILES string of the molecule is COc1cc(C(N)CCCC(C)C)cc(Cl)c1OC. The molecule has 0 saturated heterocycles. The summed E-state index contributed by atoms with van der Waals surface area (Å²) in [5, 5.41) is 0.538. The lowest BCUT2D eigenvalue weighted by Crippen LogP contribution is -2.11. The fraction of sp³-hybridized carbons (Fsp3) is 0.600. The predicted molar refractivity (Wildman–Crippen MR) is 80.2 cm³/mol. The maximum Gasteiger partial charge on any atom is 0.179 e. The third-order valence-corrected chi connectivity index (χ3v) is 3.46. The van der Waals surface area contributed by atoms with E-state index in [4.69, 9.17) is 26.8 Å². The van der Waals surface area contributed by atoms with Crippen LogP contribution in [0.1, 0.15) is 44.7 Å². The molecule has 2 N–H and O–H groups in total. The van der Waals surface area contributed by atoms with Gasteiger partial charge in [-0.15, -0.1) is 0 Å². The van der Waals surface area contributed by atoms with E-state index in [0.717, 1.165) is 18.4 Å². The van der Waals surface area contributed by atoms with E-state index >= 15 is 0 Å². The highest BCUT2D eigenvalue weighted by molar-refractivity contribution is 6.32. The van der Waals surface area contributed by atoms with Gasteiger partial charge in [0.2, 0.25) is 0 Å². The van der Waals surface area contributed by atoms with Gasteiger partial charge < -0.3 is 15.2 Å². The molecular formula is C15H24ClNO2. The molecule has 0 fully saturated rings. The van der Waals surface area contributed by atoms with Crippen molar-refractivity contribution in [2.75, 3.05) is 14.2 Å². The van der Waals surface area contributed by atoms with E-state index in [1.165, 1.54) is 6.42 Å². The zero-order valence-corrected chi connectivity index (χ0v) is 13.0. The quantitative estimate of drug-likeness (QED) is 0.817. The van der Waals surface area contributed by atoms with Gasteiger partial charge in [-0.05, 0) is 30.0 Å². The highest BCUT2D eigenvalue weighted by Gasteiger charge is 2.14. The molecule has 1 aromatic carbocycles. The molecular weight excluding hydrogens is 262 g/mol. The Kier molecular flexibility index (Phi) is 6.46. The van der Waals surface area contributed by atoms with E-state index in [0.29, 0.717) is 22.4 Å². The molecule has 3 nitrogen and oxygen atoms in total. The first-order valence-electron chi connectivity index (χ1n) is 6.66. The second-order valence-corrected chi connectivity index (χ2v) is 5.58. The molecule has 19 heavy (non-hydrogen) atoms. The Bertz CT molecular complexity index is 407. The zero-order chi connectivity index (χ0) is 14.4. The Balaban J connectivity index is 2.80. The van der Waals surface area contributed by atoms with Crippen LogP contribution in [0.2, 0.25) is 5.02 Å². The molecule has 0 aliphatic rings. The third kappa shape index (κ3) is 4.59. The van der Waals surface area contributed by atoms with E-state index in [2.05, 4.69) is 13.8 Å². The molecule has 0 aliphatic carbocycles. The highest BCUT2D eigenvalue weighted by atomic mass is 35.5. The Morgan fingerprint density at radius 2 is 1.84 bits per heavy atom. The molecule has 0 aromatic heterocycles. The fourth-order valence-electron chi connectivity index (χ4n) is 2.06. The summed E-state index contributed by atoms with van der Waals surface area (Å²) in [7, 11) is 3.17. The minimum atomic E-state index is -0.0175. The van der Waals surface area contributed by atoms with Gasteiger partial charge in [0, 0.05) is 6.04 Å². The van der Waals surface area contributed by atoms with Crippen molar-refractivity contribution in [1.29, 1.82) is 0 Å². The first-order chi connectivity index (χ1) is 8.99. The number of hydrogen-bond donors (Lipinski definition) is 1. The predicted octanol–water partition coefficient (Wildman–Crippen LogP) is 4.18. The van der Waals surface area contributed by atoms with E-state index < -0.39 is 0 Å². The number of nitrogens with two attached hydrogens (primary N) is 1. The Morgan fingerprint density at radius 1 is 1.16 bits per heavy atom. The summed E-state index contributed by atoms with van der Waals surface area (Å²) in [6.45, 7) is 4.44. The maximum absolute atomic E-state index is 6.21. The topological polar surface area (TPSA) is 44.5 Å². The first-order valence-corrected chi connectivity index (χ1v) is 7.04. The molecule has 1 aromatic rings. The molecule has 0 radical (unpaired) electrons. The fourth-order valence-corrected chi connectivity index (χ4v) is 2.36. The van der Waals surface area contributed by atoms with Crippen LogP contribution in [-0.2, 0) is 0 Å². The Hall–Kier alpha value is -0.930. The molecule has 1 atom stereocenters. The molecule has 108 valence electrons. The van der Waals surface area contributed by atoms with E-state index in [9.17, 15) is 0 Å². The molecule has 0 heterocycles. The van der Waals surface area contributed by atoms with Crippen molar-refractivity contribution in [3.8, 4) is 11.5 Å². The first kappa shape index (κ1) is 16.1. The highest BCUT2D eigenvalue weighted by Crippen LogP contribution is 2.37. The minimum Gasteiger partial charge on any atom is -0.493 e. The second-order valence-electron chi connectivity index (χ2n) is 5.17. The summed E-state index contributed by atoms with van der Waals surface area (Å²) >= 11 is 6.18. The third-order valence-electron chi connectivity index (χ3n) is 3.18. The summed E-state index contributed by atoms with van der Waals surface area (Å²) < 4.78 is 10.5. The van der Waals surface area contributed by atoms with E-state index in [1.807, 2.05) is 12.1 Å². The molecule has 0 saturated carbocycles. The Morgan fingerprint density at radius 3 is 2.37 bits per heavy atom. The van der Waals surface area contributed by atoms with Crippen molar-refractivity contribution >= 4 is 11.6 Å². The van der Waals surface area contributed by atoms with Gasteiger partial charge in [0.25, 0.3) is 0 Å². The normalized spacial score (nSPS) is 12.6. The van der Waals surface area contributed by atoms with Crippen LogP contribution in [-0.4, -0.2) is 14.2 Å². The molecule has 1 rings (SSSR count). The molecule has 0 aliphatic heterocycles. The maximum atomic E-state index is 6.21. The summed E-state index contributed by atoms with van der Waals surface area (Å²) in [5.74, 6) is 1.90. The van der Waals surface area contributed by atoms with Crippen molar-refractivity contribution in [2.24, 2.45) is 11.7 Å². The molecule has 0 amide bonds. The monoisotopic (exact) mass is 285 g/mol. The van der Waals surface area contributed by atoms with Gasteiger partial charge in [-0.3, -0.25) is 0 Å². The van der Waals surface area contributed by atoms with Crippen molar-refractivity contribution in [3.63, 3.8) is 0 Å². The number of hydrogen-bond acceptors (Lipinski definition) is 3. The average molecular weight is 286 g/mol. The van der Waals surface area contributed by atoms with Gasteiger partial charge in [-0.1, -0.05) is 38.3 Å². The van der Waals surface area contributed by atoms with Crippen LogP contribution in [0.15, 0.2) is 12.1 Å². The van der Waals surface area contributed by atoms with Crippen LogP contribution in [0.3, 0.4) is 0 Å². The summed E-state index contributed by atoms with van der Waals surface area (Å²) in [6, 6.07) is 3.75. The smallest absolute Gasteiger partial charge is 0.179 e. The summed E-state index contributed by atoms with van der Waals surface area (Å²) in [5.41, 5.74) is 7.20. The van der Waals surface area contributed by atoms with Crippen molar-refractivity contribution in [3.05, 3.63) is 22.7 Å². The number of halogens is 1. The van der Waals surface area contributed by atoms with Crippen molar-refractivity contribution < 1.29 is 9.47 Å². The summed E-state index contributed by atoms with van der Waals surface area (Å²) in [6.07, 6.45) is 3.25. The zero-order valence-electron chi connectivity index (χ0n) is 12.2. The van der Waals surface area contributed by atoms with E-state index in [-0.39, 0.29) is 6.04 Å². The lowest BCUT2D eigenvalue weighted by atomic mass is 9.98. The van der Waals surface area contributed by atoms with Crippen molar-refractivity contribution in [1.82, 2.24) is 0 Å². The van der Waals surface area contributed by atoms with Gasteiger partial charge in [0.15, 0.2) is 11.5 Å². The lowest BCUT2D eigenvalue weighted by molar-refractivity contribution is 0.354. The van der Waals surface area contributed by atoms with Crippen LogP contribution in [0.4, 0.5) is 0 Å². The molecule has 1 unspecified atom stereocenters. The van der Waals surface area contributed by atoms with Crippen LogP contribution in [0, 0.1) is 5.92 Å². The van der Waals surface area contributed by atoms with Gasteiger partial charge in [-0.2, -0.15) is 0 Å². The Labute approximate surface area is 121 Å². The molecule has 0 spiro atoms. The van der Waals surface area contributed by atoms with Gasteiger partial charge in [0.05, 0.1) is 19.2 Å². The van der Waals surface area contributed by atoms with Gasteiger partial charge in [-0.25, -0.2) is 0 Å². The largest absolute Gasteiger partial charge is 0.493 e. The molecule has 0 bridgehead atoms. The lowest BCUT2D eigenvalue weighted by Gasteiger charge is -2.16. The van der Waals surface area contributed by atoms with Gasteiger partial charge >= 0.3 is 0 Å². The van der Waals surface area contributed by atoms with Crippen LogP contribution < -0.4 is 15.2 Å². The number of ether oxygens (including phenoxy) is 2. The average Bonchev–Trinajstić information content (AvgIpc) is 2.37.